The third-order valence-electron chi connectivity index (χ3n) is 2.07. The minimum Gasteiger partial charge on any atom is -0.0843 e. The molecule has 0 bridgehead atoms. The van der Waals surface area contributed by atoms with Crippen LogP contribution in [0, 0.1) is 6.07 Å². The van der Waals surface area contributed by atoms with Crippen molar-refractivity contribution in [3.63, 3.8) is 0 Å². The van der Waals surface area contributed by atoms with Gasteiger partial charge in [-0.25, -0.2) is 0 Å². The molecule has 0 saturated heterocycles. The summed E-state index contributed by atoms with van der Waals surface area (Å²) >= 11 is 19.0. The summed E-state index contributed by atoms with van der Waals surface area (Å²) < 4.78 is 1.81. The van der Waals surface area contributed by atoms with Crippen LogP contribution in [0.4, 0.5) is 0 Å². The molecule has 0 aliphatic heterocycles. The first-order chi connectivity index (χ1) is 7.58. The zero-order valence-electron chi connectivity index (χ0n) is 7.90. The number of hydrogen-bond acceptors (Lipinski definition) is 0. The second-order valence-electron chi connectivity index (χ2n) is 3.17. The van der Waals surface area contributed by atoms with Gasteiger partial charge in [-0.3, -0.25) is 0 Å². The Hall–Kier alpha value is -0.0200. The van der Waals surface area contributed by atoms with Crippen LogP contribution in [-0.2, 0) is 0 Å². The highest BCUT2D eigenvalue weighted by Crippen LogP contribution is 2.36. The van der Waals surface area contributed by atoms with Gasteiger partial charge < -0.3 is 0 Å². The summed E-state index contributed by atoms with van der Waals surface area (Å²) in [6, 6.07) is 12.3. The smallest absolute Gasteiger partial charge is 0.0485 e. The van der Waals surface area contributed by atoms with Crippen molar-refractivity contribution < 1.29 is 0 Å². The zero-order chi connectivity index (χ0) is 11.7. The molecule has 4 heteroatoms. The number of rotatable bonds is 1. The molecule has 0 fully saturated rings. The molecule has 2 aromatic carbocycles. The molecule has 0 N–H and O–H groups in total. The van der Waals surface area contributed by atoms with Crippen molar-refractivity contribution in [3.8, 4) is 11.1 Å². The lowest BCUT2D eigenvalue weighted by atomic mass is 10.1. The van der Waals surface area contributed by atoms with Crippen LogP contribution in [0.3, 0.4) is 0 Å². The van der Waals surface area contributed by atoms with Crippen LogP contribution in [0.1, 0.15) is 0 Å². The van der Waals surface area contributed by atoms with Crippen LogP contribution in [0.15, 0.2) is 39.3 Å². The first-order valence-electron chi connectivity index (χ1n) is 4.40. The molecule has 0 saturated carbocycles. The Balaban J connectivity index is 2.66. The number of hydrogen-bond donors (Lipinski definition) is 0. The molecule has 16 heavy (non-hydrogen) atoms. The molecule has 0 aromatic heterocycles. The van der Waals surface area contributed by atoms with Gasteiger partial charge in [0.1, 0.15) is 0 Å². The third-order valence-corrected chi connectivity index (χ3v) is 3.75. The summed E-state index contributed by atoms with van der Waals surface area (Å²) in [5.41, 5.74) is 1.85. The van der Waals surface area contributed by atoms with Crippen molar-refractivity contribution in [1.82, 2.24) is 0 Å². The van der Waals surface area contributed by atoms with Crippen molar-refractivity contribution in [2.24, 2.45) is 0 Å². The van der Waals surface area contributed by atoms with E-state index in [9.17, 15) is 0 Å². The Bertz CT molecular complexity index is 489. The predicted octanol–water partition coefficient (Wildman–Crippen LogP) is 5.99. The summed E-state index contributed by atoms with van der Waals surface area (Å²) in [5, 5.41) is 1.32. The fraction of sp³-hybridized carbons (Fsp3) is 0. The molecule has 0 aliphatic rings. The van der Waals surface area contributed by atoms with Crippen molar-refractivity contribution in [2.45, 2.75) is 0 Å². The first-order valence-corrected chi connectivity index (χ1v) is 6.74. The Labute approximate surface area is 121 Å². The lowest BCUT2D eigenvalue weighted by Gasteiger charge is -2.08. The quantitative estimate of drug-likeness (QED) is 0.571. The van der Waals surface area contributed by atoms with Crippen LogP contribution in [0.5, 0.6) is 0 Å². The average Bonchev–Trinajstić information content (AvgIpc) is 2.25. The van der Waals surface area contributed by atoms with Gasteiger partial charge in [-0.2, -0.15) is 0 Å². The maximum Gasteiger partial charge on any atom is 0.0485 e. The summed E-state index contributed by atoms with van der Waals surface area (Å²) in [7, 11) is 0. The lowest BCUT2D eigenvalue weighted by Crippen LogP contribution is -1.82. The first kappa shape index (κ1) is 12.4. The fourth-order valence-corrected chi connectivity index (χ4v) is 2.53. The van der Waals surface area contributed by atoms with Gasteiger partial charge in [-0.1, -0.05) is 39.1 Å². The molecular formula is C12H5Br2Cl2. The van der Waals surface area contributed by atoms with E-state index >= 15 is 0 Å². The van der Waals surface area contributed by atoms with Gasteiger partial charge in [0, 0.05) is 24.6 Å². The minimum atomic E-state index is 0.659. The van der Waals surface area contributed by atoms with E-state index in [0.29, 0.717) is 10.0 Å². The van der Waals surface area contributed by atoms with Gasteiger partial charge in [0.2, 0.25) is 0 Å². The second-order valence-corrected chi connectivity index (χ2v) is 5.72. The van der Waals surface area contributed by atoms with Gasteiger partial charge in [0.05, 0.1) is 0 Å². The average molecular weight is 380 g/mol. The van der Waals surface area contributed by atoms with Crippen molar-refractivity contribution in [2.75, 3.05) is 0 Å². The molecule has 2 rings (SSSR count). The normalized spacial score (nSPS) is 10.5. The maximum atomic E-state index is 6.15. The fourth-order valence-electron chi connectivity index (χ4n) is 1.35. The van der Waals surface area contributed by atoms with Gasteiger partial charge in [0.25, 0.3) is 0 Å². The molecule has 0 nitrogen and oxygen atoms in total. The van der Waals surface area contributed by atoms with Gasteiger partial charge in [0.15, 0.2) is 0 Å². The molecule has 0 aliphatic carbocycles. The standard InChI is InChI=1S/C12H5Br2Cl2/c13-7-1-3-11(14)9(5-7)10-6-8(15)2-4-12(10)16/h1-2,4-6H. The summed E-state index contributed by atoms with van der Waals surface area (Å²) in [6.07, 6.45) is 0. The summed E-state index contributed by atoms with van der Waals surface area (Å²) in [5.74, 6) is 0. The van der Waals surface area contributed by atoms with Crippen molar-refractivity contribution >= 4 is 55.1 Å². The highest BCUT2D eigenvalue weighted by Gasteiger charge is 2.08. The van der Waals surface area contributed by atoms with Crippen LogP contribution >= 0.6 is 55.1 Å². The number of halogens is 4. The molecule has 2 aromatic rings. The van der Waals surface area contributed by atoms with Gasteiger partial charge in [-0.05, 0) is 57.9 Å². The molecule has 0 spiro atoms. The van der Waals surface area contributed by atoms with Crippen molar-refractivity contribution in [3.05, 3.63) is 55.4 Å². The van der Waals surface area contributed by atoms with E-state index in [0.717, 1.165) is 20.1 Å². The molecule has 81 valence electrons. The van der Waals surface area contributed by atoms with Crippen molar-refractivity contribution in [1.29, 1.82) is 0 Å². The van der Waals surface area contributed by atoms with E-state index < -0.39 is 0 Å². The van der Waals surface area contributed by atoms with E-state index in [4.69, 9.17) is 23.2 Å². The maximum absolute atomic E-state index is 6.15. The molecular weight excluding hydrogens is 375 g/mol. The lowest BCUT2D eigenvalue weighted by molar-refractivity contribution is 1.54. The molecule has 0 heterocycles. The van der Waals surface area contributed by atoms with Crippen LogP contribution in [-0.4, -0.2) is 0 Å². The highest BCUT2D eigenvalue weighted by molar-refractivity contribution is 9.11. The molecule has 1 radical (unpaired) electrons. The highest BCUT2D eigenvalue weighted by atomic mass is 79.9. The topological polar surface area (TPSA) is 0 Å². The summed E-state index contributed by atoms with van der Waals surface area (Å²) in [4.78, 5) is 0. The molecule has 0 unspecified atom stereocenters. The van der Waals surface area contributed by atoms with Crippen LogP contribution < -0.4 is 0 Å². The molecule has 0 atom stereocenters. The van der Waals surface area contributed by atoms with E-state index in [1.165, 1.54) is 0 Å². The largest absolute Gasteiger partial charge is 0.0843 e. The second kappa shape index (κ2) is 5.09. The zero-order valence-corrected chi connectivity index (χ0v) is 12.6. The van der Waals surface area contributed by atoms with Gasteiger partial charge in [-0.15, -0.1) is 0 Å². The predicted molar refractivity (Wildman–Crippen MR) is 76.1 cm³/mol. The van der Waals surface area contributed by atoms with E-state index in [-0.39, 0.29) is 0 Å². The SMILES string of the molecule is Clc1ccc(Cl)c(-c2cc(Br)c[c]c2Br)c1. The van der Waals surface area contributed by atoms with Gasteiger partial charge >= 0.3 is 0 Å². The Kier molecular flexibility index (Phi) is 3.96. The molecule has 0 amide bonds. The monoisotopic (exact) mass is 377 g/mol. The Morgan fingerprint density at radius 3 is 2.50 bits per heavy atom. The van der Waals surface area contributed by atoms with Crippen LogP contribution in [0.25, 0.3) is 11.1 Å². The van der Waals surface area contributed by atoms with E-state index in [1.807, 2.05) is 18.2 Å². The Morgan fingerprint density at radius 2 is 1.75 bits per heavy atom. The van der Waals surface area contributed by atoms with E-state index in [2.05, 4.69) is 37.9 Å². The third kappa shape index (κ3) is 2.62. The number of benzene rings is 2. The Morgan fingerprint density at radius 1 is 1.00 bits per heavy atom. The van der Waals surface area contributed by atoms with E-state index in [1.54, 1.807) is 12.1 Å². The minimum absolute atomic E-state index is 0.659. The van der Waals surface area contributed by atoms with Crippen LogP contribution in [0.2, 0.25) is 10.0 Å². The summed E-state index contributed by atoms with van der Waals surface area (Å²) in [6.45, 7) is 0.